The Morgan fingerprint density at radius 3 is 2.48 bits per heavy atom. The smallest absolute Gasteiger partial charge is 0.317 e. The van der Waals surface area contributed by atoms with Crippen molar-refractivity contribution in [2.45, 2.75) is 6.61 Å². The molecule has 1 aromatic heterocycles. The van der Waals surface area contributed by atoms with Crippen LogP contribution in [0.3, 0.4) is 0 Å². The van der Waals surface area contributed by atoms with Crippen molar-refractivity contribution in [3.8, 4) is 28.4 Å². The van der Waals surface area contributed by atoms with Crippen LogP contribution in [0.1, 0.15) is 11.1 Å². The Labute approximate surface area is 194 Å². The molecule has 3 aromatic carbocycles. The SMILES string of the molecule is Fc1cccc(COc2ncc(-c3ccc(Cl)cc3)c(-c3ccc(C=S)cc3Cl)n2)c1. The van der Waals surface area contributed by atoms with Gasteiger partial charge in [-0.15, -0.1) is 0 Å². The third-order valence-electron chi connectivity index (χ3n) is 4.56. The minimum absolute atomic E-state index is 0.134. The van der Waals surface area contributed by atoms with Crippen LogP contribution in [0.4, 0.5) is 4.39 Å². The summed E-state index contributed by atoms with van der Waals surface area (Å²) >= 11 is 17.6. The Morgan fingerprint density at radius 2 is 1.77 bits per heavy atom. The zero-order valence-corrected chi connectivity index (χ0v) is 18.4. The number of benzene rings is 3. The molecule has 0 amide bonds. The number of ether oxygens (including phenoxy) is 1. The number of aromatic nitrogens is 2. The Bertz CT molecular complexity index is 1250. The second-order valence-electron chi connectivity index (χ2n) is 6.70. The first-order valence-corrected chi connectivity index (χ1v) is 10.5. The van der Waals surface area contributed by atoms with E-state index >= 15 is 0 Å². The van der Waals surface area contributed by atoms with E-state index in [2.05, 4.69) is 9.97 Å². The molecule has 0 saturated heterocycles. The first-order chi connectivity index (χ1) is 15.0. The molecule has 154 valence electrons. The normalized spacial score (nSPS) is 10.7. The standard InChI is InChI=1S/C24H15Cl2FN2OS/c25-18-7-5-17(6-8-18)21-12-28-24(30-13-15-2-1-3-19(27)10-15)29-23(21)20-9-4-16(14-31)11-22(20)26/h1-12,14H,13H2. The summed E-state index contributed by atoms with van der Waals surface area (Å²) in [5.41, 5.74) is 4.47. The molecule has 0 bridgehead atoms. The summed E-state index contributed by atoms with van der Waals surface area (Å²) < 4.78 is 19.2. The highest BCUT2D eigenvalue weighted by Gasteiger charge is 2.15. The molecule has 0 aliphatic heterocycles. The molecule has 31 heavy (non-hydrogen) atoms. The van der Waals surface area contributed by atoms with Crippen molar-refractivity contribution in [1.82, 2.24) is 9.97 Å². The molecule has 0 unspecified atom stereocenters. The van der Waals surface area contributed by atoms with Crippen LogP contribution in [0.15, 0.2) is 72.9 Å². The van der Waals surface area contributed by atoms with E-state index < -0.39 is 0 Å². The van der Waals surface area contributed by atoms with Gasteiger partial charge in [0.2, 0.25) is 0 Å². The largest absolute Gasteiger partial charge is 0.459 e. The molecular formula is C24H15Cl2FN2OS. The summed E-state index contributed by atoms with van der Waals surface area (Å²) in [5.74, 6) is -0.328. The second kappa shape index (κ2) is 9.52. The van der Waals surface area contributed by atoms with E-state index in [0.29, 0.717) is 26.9 Å². The lowest BCUT2D eigenvalue weighted by Crippen LogP contribution is -2.02. The van der Waals surface area contributed by atoms with E-state index in [-0.39, 0.29) is 18.4 Å². The van der Waals surface area contributed by atoms with Gasteiger partial charge in [0.05, 0.1) is 10.7 Å². The Morgan fingerprint density at radius 1 is 0.968 bits per heavy atom. The maximum Gasteiger partial charge on any atom is 0.317 e. The zero-order valence-electron chi connectivity index (χ0n) is 16.1. The first kappa shape index (κ1) is 21.4. The highest BCUT2D eigenvalue weighted by atomic mass is 35.5. The van der Waals surface area contributed by atoms with Crippen molar-refractivity contribution in [1.29, 1.82) is 0 Å². The van der Waals surface area contributed by atoms with E-state index in [1.165, 1.54) is 12.1 Å². The lowest BCUT2D eigenvalue weighted by molar-refractivity contribution is 0.280. The van der Waals surface area contributed by atoms with E-state index in [0.717, 1.165) is 16.7 Å². The minimum Gasteiger partial charge on any atom is -0.459 e. The molecular weight excluding hydrogens is 454 g/mol. The van der Waals surface area contributed by atoms with E-state index in [4.69, 9.17) is 40.2 Å². The van der Waals surface area contributed by atoms with Crippen molar-refractivity contribution >= 4 is 40.8 Å². The van der Waals surface area contributed by atoms with Gasteiger partial charge in [-0.25, -0.2) is 9.37 Å². The molecule has 0 fully saturated rings. The van der Waals surface area contributed by atoms with E-state index in [1.54, 1.807) is 41.9 Å². The van der Waals surface area contributed by atoms with Gasteiger partial charge < -0.3 is 4.74 Å². The second-order valence-corrected chi connectivity index (χ2v) is 7.78. The van der Waals surface area contributed by atoms with Gasteiger partial charge in [0.25, 0.3) is 0 Å². The predicted octanol–water partition coefficient (Wildman–Crippen LogP) is 7.18. The molecule has 1 heterocycles. The average Bonchev–Trinajstić information content (AvgIpc) is 2.78. The molecule has 3 nitrogen and oxygen atoms in total. The summed E-state index contributed by atoms with van der Waals surface area (Å²) in [6, 6.07) is 19.2. The Balaban J connectivity index is 1.75. The molecule has 0 radical (unpaired) electrons. The molecule has 0 N–H and O–H groups in total. The fraction of sp³-hybridized carbons (Fsp3) is 0.0417. The summed E-state index contributed by atoms with van der Waals surface area (Å²) in [7, 11) is 0. The third-order valence-corrected chi connectivity index (χ3v) is 5.40. The van der Waals surface area contributed by atoms with Gasteiger partial charge in [0.1, 0.15) is 12.4 Å². The van der Waals surface area contributed by atoms with Crippen molar-refractivity contribution < 1.29 is 9.13 Å². The van der Waals surface area contributed by atoms with Crippen LogP contribution < -0.4 is 4.74 Å². The molecule has 4 rings (SSSR count). The average molecular weight is 469 g/mol. The van der Waals surface area contributed by atoms with Gasteiger partial charge in [0, 0.05) is 27.7 Å². The van der Waals surface area contributed by atoms with Crippen LogP contribution in [0.5, 0.6) is 6.01 Å². The quantitative estimate of drug-likeness (QED) is 0.280. The Hall–Kier alpha value is -2.86. The summed E-state index contributed by atoms with van der Waals surface area (Å²) in [6.45, 7) is 0.134. The molecule has 4 aromatic rings. The number of nitrogens with zero attached hydrogens (tertiary/aromatic N) is 2. The number of rotatable bonds is 6. The number of hydrogen-bond acceptors (Lipinski definition) is 4. The van der Waals surface area contributed by atoms with Crippen LogP contribution in [0.2, 0.25) is 10.0 Å². The minimum atomic E-state index is -0.328. The maximum atomic E-state index is 13.4. The first-order valence-electron chi connectivity index (χ1n) is 9.29. The highest BCUT2D eigenvalue weighted by molar-refractivity contribution is 7.79. The zero-order chi connectivity index (χ0) is 21.8. The van der Waals surface area contributed by atoms with Gasteiger partial charge in [0.15, 0.2) is 0 Å². The molecule has 0 aliphatic rings. The molecule has 0 atom stereocenters. The van der Waals surface area contributed by atoms with Crippen LogP contribution in [-0.4, -0.2) is 15.3 Å². The fourth-order valence-corrected chi connectivity index (χ4v) is 3.60. The Kier molecular flexibility index (Phi) is 6.56. The number of thiocarbonyl (C=S) groups is 1. The summed E-state index contributed by atoms with van der Waals surface area (Å²) in [6.07, 6.45) is 1.68. The van der Waals surface area contributed by atoms with Gasteiger partial charge in [-0.2, -0.15) is 4.98 Å². The van der Waals surface area contributed by atoms with Crippen LogP contribution in [-0.2, 0) is 6.61 Å². The highest BCUT2D eigenvalue weighted by Crippen LogP contribution is 2.36. The van der Waals surface area contributed by atoms with E-state index in [1.807, 2.05) is 24.3 Å². The number of halogens is 3. The van der Waals surface area contributed by atoms with Gasteiger partial charge in [-0.05, 0) is 47.0 Å². The van der Waals surface area contributed by atoms with Crippen molar-refractivity contribution in [3.63, 3.8) is 0 Å². The maximum absolute atomic E-state index is 13.4. The molecule has 0 aliphatic carbocycles. The van der Waals surface area contributed by atoms with Gasteiger partial charge in [-0.3, -0.25) is 0 Å². The monoisotopic (exact) mass is 468 g/mol. The van der Waals surface area contributed by atoms with E-state index in [9.17, 15) is 4.39 Å². The van der Waals surface area contributed by atoms with Crippen LogP contribution in [0, 0.1) is 5.82 Å². The molecule has 7 heteroatoms. The van der Waals surface area contributed by atoms with Crippen molar-refractivity contribution in [3.05, 3.63) is 99.9 Å². The lowest BCUT2D eigenvalue weighted by Gasteiger charge is -2.13. The summed E-state index contributed by atoms with van der Waals surface area (Å²) in [4.78, 5) is 8.95. The predicted molar refractivity (Wildman–Crippen MR) is 126 cm³/mol. The fourth-order valence-electron chi connectivity index (χ4n) is 3.05. The third kappa shape index (κ3) is 5.07. The molecule has 0 spiro atoms. The molecule has 0 saturated carbocycles. The van der Waals surface area contributed by atoms with Crippen LogP contribution >= 0.6 is 35.4 Å². The topological polar surface area (TPSA) is 35.0 Å². The van der Waals surface area contributed by atoms with Crippen LogP contribution in [0.25, 0.3) is 22.4 Å². The van der Waals surface area contributed by atoms with Crippen molar-refractivity contribution in [2.24, 2.45) is 0 Å². The van der Waals surface area contributed by atoms with Gasteiger partial charge in [-0.1, -0.05) is 71.8 Å². The van der Waals surface area contributed by atoms with Gasteiger partial charge >= 0.3 is 6.01 Å². The summed E-state index contributed by atoms with van der Waals surface area (Å²) in [5, 5.41) is 2.69. The number of hydrogen-bond donors (Lipinski definition) is 0. The lowest BCUT2D eigenvalue weighted by atomic mass is 10.00. The van der Waals surface area contributed by atoms with Crippen molar-refractivity contribution in [2.75, 3.05) is 0 Å².